The first kappa shape index (κ1) is 42.6. The van der Waals surface area contributed by atoms with Crippen LogP contribution < -0.4 is 26.0 Å². The van der Waals surface area contributed by atoms with E-state index in [1.54, 1.807) is 24.3 Å². The SMILES string of the molecule is O=C1COc2ccc(cc2)C[C@@H](C(=O)O)NC(=O)[C@H](CCc2ccccc2)NC(=O)[C@@H](Cc2ccc(-c3ccccc3)cc2)NC(=O)[C@H](Cc2ccc(C(F)(F)F)cc2)N1. The first-order valence-electron chi connectivity index (χ1n) is 19.3. The van der Waals surface area contributed by atoms with Crippen LogP contribution in [-0.2, 0) is 55.8 Å². The number of amides is 4. The Morgan fingerprint density at radius 1 is 0.600 bits per heavy atom. The van der Waals surface area contributed by atoms with E-state index in [9.17, 15) is 42.3 Å². The van der Waals surface area contributed by atoms with Gasteiger partial charge in [-0.1, -0.05) is 109 Å². The molecule has 0 aliphatic carbocycles. The number of benzene rings is 5. The second-order valence-corrected chi connectivity index (χ2v) is 14.5. The molecule has 310 valence electrons. The Morgan fingerprint density at radius 2 is 1.12 bits per heavy atom. The van der Waals surface area contributed by atoms with E-state index >= 15 is 0 Å². The Bertz CT molecular complexity index is 2250. The number of nitrogens with one attached hydrogen (secondary N) is 4. The van der Waals surface area contributed by atoms with Gasteiger partial charge in [-0.15, -0.1) is 0 Å². The summed E-state index contributed by atoms with van der Waals surface area (Å²) in [4.78, 5) is 68.2. The smallest absolute Gasteiger partial charge is 0.416 e. The number of rotatable bonds is 9. The van der Waals surface area contributed by atoms with E-state index in [2.05, 4.69) is 21.3 Å². The summed E-state index contributed by atoms with van der Waals surface area (Å²) < 4.78 is 45.7. The van der Waals surface area contributed by atoms with Crippen LogP contribution in [0.2, 0.25) is 0 Å². The van der Waals surface area contributed by atoms with Gasteiger partial charge in [-0.05, 0) is 70.5 Å². The summed E-state index contributed by atoms with van der Waals surface area (Å²) in [5.41, 5.74) is 3.28. The largest absolute Gasteiger partial charge is 0.484 e. The standard InChI is InChI=1S/C46H43F3N4O7/c47-46(48,49)35-20-13-31(14-21-35)25-38-43(56)52-39(26-30-11-18-34(19-12-30)33-9-5-2-6-10-33)44(57)51-37(24-17-29-7-3-1-4-8-29)42(55)53-40(45(58)59)27-32-15-22-36(23-16-32)60-28-41(54)50-38/h1-16,18-23,37-40H,17,24-28H2,(H,50,54)(H,51,57)(H,52,56)(H,53,55)(H,58,59)/t37-,38-,39+,40-/m0/s1. The number of carbonyl (C=O) groups is 5. The Kier molecular flexibility index (Phi) is 14.0. The zero-order valence-corrected chi connectivity index (χ0v) is 32.3. The number of halogens is 3. The lowest BCUT2D eigenvalue weighted by Gasteiger charge is -2.26. The molecule has 2 aliphatic rings. The maximum atomic E-state index is 14.4. The van der Waals surface area contributed by atoms with Crippen LogP contribution in [0.4, 0.5) is 13.2 Å². The second-order valence-electron chi connectivity index (χ2n) is 14.5. The van der Waals surface area contributed by atoms with Crippen molar-refractivity contribution in [3.8, 4) is 16.9 Å². The van der Waals surface area contributed by atoms with Gasteiger partial charge in [0.05, 0.1) is 5.56 Å². The molecule has 11 nitrogen and oxygen atoms in total. The van der Waals surface area contributed by atoms with Gasteiger partial charge >= 0.3 is 12.1 Å². The van der Waals surface area contributed by atoms with Crippen LogP contribution in [0.15, 0.2) is 133 Å². The summed E-state index contributed by atoms with van der Waals surface area (Å²) in [6, 6.07) is 31.0. The number of aliphatic carboxylic acids is 1. The first-order valence-corrected chi connectivity index (χ1v) is 19.3. The van der Waals surface area contributed by atoms with E-state index in [1.165, 1.54) is 24.3 Å². The molecule has 4 atom stereocenters. The van der Waals surface area contributed by atoms with Crippen molar-refractivity contribution in [1.29, 1.82) is 0 Å². The highest BCUT2D eigenvalue weighted by atomic mass is 19.4. The second kappa shape index (κ2) is 19.7. The van der Waals surface area contributed by atoms with E-state index in [-0.39, 0.29) is 31.4 Å². The summed E-state index contributed by atoms with van der Waals surface area (Å²) in [6.07, 6.45) is -4.62. The maximum absolute atomic E-state index is 14.4. The average Bonchev–Trinajstić information content (AvgIpc) is 3.24. The van der Waals surface area contributed by atoms with Crippen molar-refractivity contribution in [2.45, 2.75) is 62.4 Å². The van der Waals surface area contributed by atoms with Crippen molar-refractivity contribution in [2.75, 3.05) is 6.61 Å². The number of carboxylic acids is 1. The summed E-state index contributed by atoms with van der Waals surface area (Å²) in [5.74, 6) is -4.14. The molecular weight excluding hydrogens is 778 g/mol. The fourth-order valence-electron chi connectivity index (χ4n) is 6.77. The zero-order valence-electron chi connectivity index (χ0n) is 32.3. The van der Waals surface area contributed by atoms with E-state index in [1.807, 2.05) is 72.8 Å². The fraction of sp³-hybridized carbons (Fsp3) is 0.239. The highest BCUT2D eigenvalue weighted by Crippen LogP contribution is 2.29. The quantitative estimate of drug-likeness (QED) is 0.124. The molecule has 60 heavy (non-hydrogen) atoms. The van der Waals surface area contributed by atoms with Crippen molar-refractivity contribution in [3.63, 3.8) is 0 Å². The van der Waals surface area contributed by atoms with Crippen LogP contribution in [0.25, 0.3) is 11.1 Å². The van der Waals surface area contributed by atoms with Gasteiger partial charge in [0.2, 0.25) is 17.7 Å². The van der Waals surface area contributed by atoms with E-state index in [0.29, 0.717) is 23.1 Å². The molecule has 2 bridgehead atoms. The summed E-state index contributed by atoms with van der Waals surface area (Å²) in [6.45, 7) is -0.551. The number of hydrogen-bond donors (Lipinski definition) is 5. The molecule has 5 N–H and O–H groups in total. The monoisotopic (exact) mass is 820 g/mol. The molecule has 14 heteroatoms. The van der Waals surface area contributed by atoms with E-state index < -0.39 is 72.1 Å². The molecule has 0 saturated heterocycles. The predicted octanol–water partition coefficient (Wildman–Crippen LogP) is 5.45. The van der Waals surface area contributed by atoms with Crippen molar-refractivity contribution < 1.29 is 47.0 Å². The lowest BCUT2D eigenvalue weighted by atomic mass is 9.98. The number of hydrogen-bond acceptors (Lipinski definition) is 6. The zero-order chi connectivity index (χ0) is 42.6. The molecule has 0 aromatic heterocycles. The van der Waals surface area contributed by atoms with Crippen LogP contribution in [0.5, 0.6) is 5.75 Å². The van der Waals surface area contributed by atoms with Crippen LogP contribution in [0.1, 0.15) is 34.2 Å². The maximum Gasteiger partial charge on any atom is 0.416 e. The lowest BCUT2D eigenvalue weighted by Crippen LogP contribution is -2.59. The number of fused-ring (bicyclic) bond motifs is 16. The molecule has 5 aromatic carbocycles. The Hall–Kier alpha value is -6.96. The number of ether oxygens (including phenoxy) is 1. The van der Waals surface area contributed by atoms with Crippen molar-refractivity contribution in [3.05, 3.63) is 161 Å². The molecule has 0 fully saturated rings. The van der Waals surface area contributed by atoms with Gasteiger partial charge in [-0.3, -0.25) is 19.2 Å². The molecule has 0 spiro atoms. The molecule has 0 saturated carbocycles. The molecule has 4 amide bonds. The van der Waals surface area contributed by atoms with Crippen LogP contribution >= 0.6 is 0 Å². The average molecular weight is 821 g/mol. The van der Waals surface area contributed by atoms with Gasteiger partial charge in [0, 0.05) is 19.3 Å². The molecule has 2 heterocycles. The van der Waals surface area contributed by atoms with Crippen molar-refractivity contribution >= 4 is 29.6 Å². The van der Waals surface area contributed by atoms with Crippen molar-refractivity contribution in [1.82, 2.24) is 21.3 Å². The molecule has 0 radical (unpaired) electrons. The van der Waals surface area contributed by atoms with Crippen LogP contribution in [-0.4, -0.2) is 65.5 Å². The Balaban J connectivity index is 1.34. The molecule has 0 unspecified atom stereocenters. The molecule has 5 aromatic rings. The van der Waals surface area contributed by atoms with Gasteiger partial charge < -0.3 is 31.1 Å². The molecule has 7 rings (SSSR count). The minimum Gasteiger partial charge on any atom is -0.484 e. The highest BCUT2D eigenvalue weighted by Gasteiger charge is 2.33. The normalized spacial score (nSPS) is 19.3. The summed E-state index contributed by atoms with van der Waals surface area (Å²) >= 11 is 0. The summed E-state index contributed by atoms with van der Waals surface area (Å²) in [7, 11) is 0. The number of aryl methyl sites for hydroxylation is 1. The third kappa shape index (κ3) is 12.0. The fourth-order valence-corrected chi connectivity index (χ4v) is 6.77. The Morgan fingerprint density at radius 3 is 1.70 bits per heavy atom. The van der Waals surface area contributed by atoms with Gasteiger partial charge in [-0.2, -0.15) is 13.2 Å². The van der Waals surface area contributed by atoms with Crippen LogP contribution in [0.3, 0.4) is 0 Å². The first-order chi connectivity index (χ1) is 28.8. The summed E-state index contributed by atoms with van der Waals surface area (Å²) in [5, 5.41) is 20.8. The Labute approximate surface area is 344 Å². The number of alkyl halides is 3. The topological polar surface area (TPSA) is 163 Å². The lowest BCUT2D eigenvalue weighted by molar-refractivity contribution is -0.142. The van der Waals surface area contributed by atoms with E-state index in [0.717, 1.165) is 28.8 Å². The van der Waals surface area contributed by atoms with Gasteiger partial charge in [0.25, 0.3) is 5.91 Å². The predicted molar refractivity (Wildman–Crippen MR) is 216 cm³/mol. The minimum absolute atomic E-state index is 0.0685. The van der Waals surface area contributed by atoms with Gasteiger partial charge in [0.15, 0.2) is 6.61 Å². The minimum atomic E-state index is -4.59. The third-order valence-electron chi connectivity index (χ3n) is 10.1. The molecular formula is C46H43F3N4O7. The van der Waals surface area contributed by atoms with E-state index in [4.69, 9.17) is 4.74 Å². The van der Waals surface area contributed by atoms with Gasteiger partial charge in [-0.25, -0.2) is 4.79 Å². The van der Waals surface area contributed by atoms with Crippen molar-refractivity contribution in [2.24, 2.45) is 0 Å². The number of carboxylic acid groups (broad SMARTS) is 1. The van der Waals surface area contributed by atoms with Gasteiger partial charge in [0.1, 0.15) is 29.9 Å². The third-order valence-corrected chi connectivity index (χ3v) is 10.1. The number of carbonyl (C=O) groups excluding carboxylic acids is 4. The highest BCUT2D eigenvalue weighted by molar-refractivity contribution is 5.95. The molecule has 2 aliphatic heterocycles. The van der Waals surface area contributed by atoms with Crippen LogP contribution in [0, 0.1) is 0 Å².